The van der Waals surface area contributed by atoms with Crippen LogP contribution in [0.4, 0.5) is 11.5 Å². The molecule has 0 fully saturated rings. The lowest BCUT2D eigenvalue weighted by Crippen LogP contribution is -2.28. The summed E-state index contributed by atoms with van der Waals surface area (Å²) in [6, 6.07) is 4.28. The quantitative estimate of drug-likeness (QED) is 0.539. The van der Waals surface area contributed by atoms with Gasteiger partial charge in [-0.3, -0.25) is 10.1 Å². The van der Waals surface area contributed by atoms with E-state index in [2.05, 4.69) is 15.3 Å². The third-order valence-corrected chi connectivity index (χ3v) is 3.73. The molecule has 1 aromatic carbocycles. The van der Waals surface area contributed by atoms with Crippen LogP contribution in [-0.2, 0) is 0 Å². The molecule has 0 aliphatic rings. The van der Waals surface area contributed by atoms with Crippen LogP contribution in [0, 0.1) is 17.0 Å². The number of aromatic hydroxyl groups is 1. The Morgan fingerprint density at radius 1 is 1.46 bits per heavy atom. The van der Waals surface area contributed by atoms with E-state index in [0.29, 0.717) is 23.6 Å². The lowest BCUT2D eigenvalue weighted by molar-refractivity contribution is -0.385. The minimum atomic E-state index is -0.545. The summed E-state index contributed by atoms with van der Waals surface area (Å²) in [5.74, 6) is 0.139. The Morgan fingerprint density at radius 3 is 2.79 bits per heavy atom. The van der Waals surface area contributed by atoms with Gasteiger partial charge in [-0.1, -0.05) is 18.5 Å². The van der Waals surface area contributed by atoms with Gasteiger partial charge >= 0.3 is 5.69 Å². The van der Waals surface area contributed by atoms with Crippen molar-refractivity contribution in [3.05, 3.63) is 39.0 Å². The molecule has 0 aliphatic heterocycles. The molecule has 0 spiro atoms. The molecular formula is C15H18ClN5O3. The molecule has 1 atom stereocenters. The van der Waals surface area contributed by atoms with E-state index in [0.717, 1.165) is 0 Å². The zero-order valence-electron chi connectivity index (χ0n) is 13.3. The van der Waals surface area contributed by atoms with E-state index in [-0.39, 0.29) is 34.8 Å². The molecule has 0 unspecified atom stereocenters. The summed E-state index contributed by atoms with van der Waals surface area (Å²) in [6.07, 6.45) is 0.715. The van der Waals surface area contributed by atoms with Crippen molar-refractivity contribution >= 4 is 23.1 Å². The third kappa shape index (κ3) is 3.90. The number of hydrogen-bond donors (Lipinski definition) is 3. The number of aryl methyl sites for hydroxylation is 1. The molecular weight excluding hydrogens is 334 g/mol. The van der Waals surface area contributed by atoms with Crippen molar-refractivity contribution in [3.8, 4) is 17.1 Å². The van der Waals surface area contributed by atoms with Crippen LogP contribution in [0.1, 0.15) is 19.0 Å². The molecule has 24 heavy (non-hydrogen) atoms. The number of phenols is 1. The lowest BCUT2D eigenvalue weighted by Gasteiger charge is -2.13. The number of nitro groups is 1. The third-order valence-electron chi connectivity index (χ3n) is 3.50. The molecule has 2 rings (SSSR count). The summed E-state index contributed by atoms with van der Waals surface area (Å²) in [5.41, 5.74) is 6.10. The van der Waals surface area contributed by atoms with Gasteiger partial charge in [0.2, 0.25) is 5.82 Å². The van der Waals surface area contributed by atoms with Crippen LogP contribution in [0.2, 0.25) is 5.02 Å². The molecule has 1 heterocycles. The maximum Gasteiger partial charge on any atom is 0.332 e. The standard InChI is InChI=1S/C15H18ClN5O3/c1-3-10(17)7-18-15-13(21(23)24)8(2)19-14(20-15)11-6-9(16)4-5-12(11)22/h4-6,10,22H,3,7,17H2,1-2H3,(H,18,19,20)/t10-/m0/s1. The molecule has 0 radical (unpaired) electrons. The Kier molecular flexibility index (Phi) is 5.53. The predicted octanol–water partition coefficient (Wildman–Crippen LogP) is 2.87. The molecule has 9 heteroatoms. The van der Waals surface area contributed by atoms with Gasteiger partial charge in [0.15, 0.2) is 5.82 Å². The molecule has 0 amide bonds. The van der Waals surface area contributed by atoms with Crippen LogP contribution in [-0.4, -0.2) is 32.6 Å². The van der Waals surface area contributed by atoms with Gasteiger partial charge in [-0.2, -0.15) is 0 Å². The second-order valence-corrected chi connectivity index (χ2v) is 5.73. The van der Waals surface area contributed by atoms with Gasteiger partial charge in [0.05, 0.1) is 10.5 Å². The summed E-state index contributed by atoms with van der Waals surface area (Å²) in [5, 5.41) is 24.6. The fourth-order valence-electron chi connectivity index (χ4n) is 2.09. The van der Waals surface area contributed by atoms with Crippen molar-refractivity contribution in [2.45, 2.75) is 26.3 Å². The van der Waals surface area contributed by atoms with Crippen LogP contribution in [0.15, 0.2) is 18.2 Å². The van der Waals surface area contributed by atoms with E-state index >= 15 is 0 Å². The van der Waals surface area contributed by atoms with E-state index in [9.17, 15) is 15.2 Å². The minimum Gasteiger partial charge on any atom is -0.507 e. The Morgan fingerprint density at radius 2 is 2.17 bits per heavy atom. The highest BCUT2D eigenvalue weighted by Crippen LogP contribution is 2.33. The van der Waals surface area contributed by atoms with Crippen molar-refractivity contribution < 1.29 is 10.0 Å². The monoisotopic (exact) mass is 351 g/mol. The number of rotatable bonds is 6. The summed E-state index contributed by atoms with van der Waals surface area (Å²) in [7, 11) is 0. The van der Waals surface area contributed by atoms with Crippen molar-refractivity contribution in [1.29, 1.82) is 0 Å². The fraction of sp³-hybridized carbons (Fsp3) is 0.333. The zero-order chi connectivity index (χ0) is 17.9. The second-order valence-electron chi connectivity index (χ2n) is 5.30. The first-order valence-corrected chi connectivity index (χ1v) is 7.72. The second kappa shape index (κ2) is 7.41. The number of nitrogens with zero attached hydrogens (tertiary/aromatic N) is 3. The molecule has 4 N–H and O–H groups in total. The van der Waals surface area contributed by atoms with Crippen LogP contribution in [0.5, 0.6) is 5.75 Å². The fourth-order valence-corrected chi connectivity index (χ4v) is 2.26. The van der Waals surface area contributed by atoms with Crippen molar-refractivity contribution in [2.24, 2.45) is 5.73 Å². The molecule has 1 aromatic heterocycles. The van der Waals surface area contributed by atoms with Gasteiger partial charge in [-0.15, -0.1) is 0 Å². The number of aromatic nitrogens is 2. The number of halogens is 1. The summed E-state index contributed by atoms with van der Waals surface area (Å²) in [6.45, 7) is 3.76. The maximum absolute atomic E-state index is 11.3. The van der Waals surface area contributed by atoms with E-state index in [1.807, 2.05) is 6.92 Å². The largest absolute Gasteiger partial charge is 0.507 e. The molecule has 0 saturated heterocycles. The van der Waals surface area contributed by atoms with Crippen molar-refractivity contribution in [1.82, 2.24) is 9.97 Å². The van der Waals surface area contributed by atoms with Crippen LogP contribution in [0.25, 0.3) is 11.4 Å². The van der Waals surface area contributed by atoms with Crippen LogP contribution < -0.4 is 11.1 Å². The van der Waals surface area contributed by atoms with E-state index in [1.165, 1.54) is 25.1 Å². The maximum atomic E-state index is 11.3. The summed E-state index contributed by atoms with van der Waals surface area (Å²) >= 11 is 5.94. The SMILES string of the molecule is CC[C@H](N)CNc1nc(-c2cc(Cl)ccc2O)nc(C)c1[N+](=O)[O-]. The molecule has 2 aromatic rings. The Labute approximate surface area is 143 Å². The molecule has 8 nitrogen and oxygen atoms in total. The Balaban J connectivity index is 2.53. The lowest BCUT2D eigenvalue weighted by atomic mass is 10.1. The van der Waals surface area contributed by atoms with Crippen molar-refractivity contribution in [2.75, 3.05) is 11.9 Å². The average molecular weight is 352 g/mol. The van der Waals surface area contributed by atoms with E-state index in [4.69, 9.17) is 17.3 Å². The number of anilines is 1. The summed E-state index contributed by atoms with van der Waals surface area (Å²) < 4.78 is 0. The number of nitrogens with one attached hydrogen (secondary N) is 1. The highest BCUT2D eigenvalue weighted by Gasteiger charge is 2.23. The van der Waals surface area contributed by atoms with Gasteiger partial charge in [0, 0.05) is 17.6 Å². The van der Waals surface area contributed by atoms with Gasteiger partial charge in [0.1, 0.15) is 11.4 Å². The minimum absolute atomic E-state index is 0.0609. The molecule has 128 valence electrons. The smallest absolute Gasteiger partial charge is 0.332 e. The topological polar surface area (TPSA) is 127 Å². The highest BCUT2D eigenvalue weighted by molar-refractivity contribution is 6.30. The Bertz CT molecular complexity index is 769. The number of phenolic OH excluding ortho intramolecular Hbond substituents is 1. The van der Waals surface area contributed by atoms with Gasteiger partial charge < -0.3 is 16.2 Å². The van der Waals surface area contributed by atoms with Gasteiger partial charge in [-0.05, 0) is 31.5 Å². The van der Waals surface area contributed by atoms with Gasteiger partial charge in [0.25, 0.3) is 0 Å². The van der Waals surface area contributed by atoms with Gasteiger partial charge in [-0.25, -0.2) is 9.97 Å². The molecule has 0 saturated carbocycles. The molecule has 0 bridgehead atoms. The first-order chi connectivity index (χ1) is 11.3. The van der Waals surface area contributed by atoms with E-state index in [1.54, 1.807) is 0 Å². The van der Waals surface area contributed by atoms with Crippen LogP contribution in [0.3, 0.4) is 0 Å². The number of nitrogens with two attached hydrogens (primary N) is 1. The normalized spacial score (nSPS) is 12.0. The summed E-state index contributed by atoms with van der Waals surface area (Å²) in [4.78, 5) is 19.1. The Hall–Kier alpha value is -2.45. The first-order valence-electron chi connectivity index (χ1n) is 7.34. The van der Waals surface area contributed by atoms with Crippen molar-refractivity contribution in [3.63, 3.8) is 0 Å². The predicted molar refractivity (Wildman–Crippen MR) is 92.3 cm³/mol. The average Bonchev–Trinajstić information content (AvgIpc) is 2.53. The zero-order valence-corrected chi connectivity index (χ0v) is 14.0. The first kappa shape index (κ1) is 17.9. The number of benzene rings is 1. The molecule has 0 aliphatic carbocycles. The highest BCUT2D eigenvalue weighted by atomic mass is 35.5. The van der Waals surface area contributed by atoms with Crippen LogP contribution >= 0.6 is 11.6 Å². The van der Waals surface area contributed by atoms with E-state index < -0.39 is 4.92 Å². The number of hydrogen-bond acceptors (Lipinski definition) is 7.